The number of unbranched alkanes of at least 4 members (excludes halogenated alkanes) is 6. The van der Waals surface area contributed by atoms with Gasteiger partial charge in [0.25, 0.3) is 0 Å². The molecule has 0 radical (unpaired) electrons. The van der Waals surface area contributed by atoms with Gasteiger partial charge in [0.05, 0.1) is 24.3 Å². The molecular formula is C37H48O4. The molecule has 0 unspecified atom stereocenters. The average Bonchev–Trinajstić information content (AvgIpc) is 2.95. The summed E-state index contributed by atoms with van der Waals surface area (Å²) in [4.78, 5) is 11.3. The number of carboxylic acids is 1. The summed E-state index contributed by atoms with van der Waals surface area (Å²) in [6, 6.07) is 11.3. The topological polar surface area (TPSA) is 55.8 Å². The van der Waals surface area contributed by atoms with E-state index in [-0.39, 0.29) is 11.0 Å². The van der Waals surface area contributed by atoms with Gasteiger partial charge in [0.1, 0.15) is 11.5 Å². The van der Waals surface area contributed by atoms with Crippen LogP contribution in [0.1, 0.15) is 131 Å². The summed E-state index contributed by atoms with van der Waals surface area (Å²) < 4.78 is 13.1. The first kappa shape index (κ1) is 29.6. The van der Waals surface area contributed by atoms with E-state index in [9.17, 15) is 9.90 Å². The molecule has 0 saturated heterocycles. The van der Waals surface area contributed by atoms with E-state index >= 15 is 0 Å². The maximum Gasteiger partial charge on any atom is 0.335 e. The van der Waals surface area contributed by atoms with Gasteiger partial charge in [-0.1, -0.05) is 64.2 Å². The van der Waals surface area contributed by atoms with Gasteiger partial charge < -0.3 is 14.6 Å². The molecule has 1 N–H and O–H groups in total. The Hall–Kier alpha value is -2.93. The van der Waals surface area contributed by atoms with E-state index in [0.29, 0.717) is 6.61 Å². The molecule has 4 bridgehead atoms. The van der Waals surface area contributed by atoms with Crippen LogP contribution in [0, 0.1) is 29.6 Å². The molecule has 4 aliphatic carbocycles. The molecular weight excluding hydrogens is 508 g/mol. The molecule has 0 aromatic heterocycles. The van der Waals surface area contributed by atoms with Crippen molar-refractivity contribution in [1.29, 1.82) is 0 Å². The van der Waals surface area contributed by atoms with Crippen LogP contribution in [0.15, 0.2) is 36.4 Å². The maximum absolute atomic E-state index is 11.3. The van der Waals surface area contributed by atoms with E-state index in [2.05, 4.69) is 37.8 Å². The molecule has 4 fully saturated rings. The Kier molecular flexibility index (Phi) is 9.97. The second-order valence-electron chi connectivity index (χ2n) is 13.0. The fourth-order valence-corrected chi connectivity index (χ4v) is 8.01. The number of carboxylic acid groups (broad SMARTS) is 1. The van der Waals surface area contributed by atoms with Crippen molar-refractivity contribution in [3.63, 3.8) is 0 Å². The number of ether oxygens (including phenoxy) is 2. The third kappa shape index (κ3) is 7.29. The summed E-state index contributed by atoms with van der Waals surface area (Å²) in [5, 5.41) is 9.27. The molecule has 4 aliphatic rings. The molecule has 0 atom stereocenters. The van der Waals surface area contributed by atoms with Crippen molar-refractivity contribution in [2.75, 3.05) is 13.2 Å². The number of rotatable bonds is 14. The van der Waals surface area contributed by atoms with E-state index in [1.807, 2.05) is 0 Å². The number of hydrogen-bond acceptors (Lipinski definition) is 3. The SMILES string of the molecule is CCCCCCOc1cc(OCCCCCC)c(C23CC4CC(CC(C4)C2)C3)cc1C#Cc1ccc(C(=O)O)cc1. The molecule has 6 rings (SSSR count). The predicted molar refractivity (Wildman–Crippen MR) is 165 cm³/mol. The third-order valence-electron chi connectivity index (χ3n) is 9.68. The normalized spacial score (nSPS) is 24.1. The Morgan fingerprint density at radius 2 is 1.34 bits per heavy atom. The minimum atomic E-state index is -0.922. The smallest absolute Gasteiger partial charge is 0.335 e. The van der Waals surface area contributed by atoms with E-state index in [1.54, 1.807) is 24.3 Å². The highest BCUT2D eigenvalue weighted by molar-refractivity contribution is 5.87. The van der Waals surface area contributed by atoms with Crippen molar-refractivity contribution in [2.45, 2.75) is 109 Å². The molecule has 2 aromatic carbocycles. The van der Waals surface area contributed by atoms with Crippen LogP contribution in [0.3, 0.4) is 0 Å². The molecule has 4 heteroatoms. The minimum absolute atomic E-state index is 0.187. The molecule has 0 aliphatic heterocycles. The van der Waals surface area contributed by atoms with E-state index in [0.717, 1.165) is 59.8 Å². The van der Waals surface area contributed by atoms with Crippen molar-refractivity contribution < 1.29 is 19.4 Å². The Bertz CT molecular complexity index is 1200. The molecule has 0 spiro atoms. The van der Waals surface area contributed by atoms with Gasteiger partial charge in [-0.25, -0.2) is 4.79 Å². The molecule has 41 heavy (non-hydrogen) atoms. The van der Waals surface area contributed by atoms with E-state index < -0.39 is 5.97 Å². The number of aromatic carboxylic acids is 1. The zero-order chi connectivity index (χ0) is 28.7. The zero-order valence-electron chi connectivity index (χ0n) is 25.2. The highest BCUT2D eigenvalue weighted by Crippen LogP contribution is 2.62. The van der Waals surface area contributed by atoms with Crippen molar-refractivity contribution in [3.05, 3.63) is 58.7 Å². The Morgan fingerprint density at radius 3 is 1.88 bits per heavy atom. The molecule has 4 saturated carbocycles. The van der Waals surface area contributed by atoms with Gasteiger partial charge in [-0.3, -0.25) is 0 Å². The van der Waals surface area contributed by atoms with Crippen LogP contribution in [-0.2, 0) is 5.41 Å². The Morgan fingerprint density at radius 1 is 0.780 bits per heavy atom. The second kappa shape index (κ2) is 13.8. The van der Waals surface area contributed by atoms with Gasteiger partial charge in [-0.2, -0.15) is 0 Å². The summed E-state index contributed by atoms with van der Waals surface area (Å²) in [5.74, 6) is 10.2. The van der Waals surface area contributed by atoms with Crippen LogP contribution in [0.25, 0.3) is 0 Å². The van der Waals surface area contributed by atoms with Crippen LogP contribution in [0.4, 0.5) is 0 Å². The lowest BCUT2D eigenvalue weighted by Gasteiger charge is -2.57. The molecule has 0 heterocycles. The maximum atomic E-state index is 11.3. The fraction of sp³-hybridized carbons (Fsp3) is 0.595. The highest BCUT2D eigenvalue weighted by atomic mass is 16.5. The number of hydrogen-bond donors (Lipinski definition) is 1. The van der Waals surface area contributed by atoms with Gasteiger partial charge in [0.15, 0.2) is 0 Å². The lowest BCUT2D eigenvalue weighted by atomic mass is 9.48. The first-order valence-electron chi connectivity index (χ1n) is 16.3. The largest absolute Gasteiger partial charge is 0.493 e. The molecule has 0 amide bonds. The zero-order valence-corrected chi connectivity index (χ0v) is 25.2. The summed E-state index contributed by atoms with van der Waals surface area (Å²) in [6.45, 7) is 5.89. The fourth-order valence-electron chi connectivity index (χ4n) is 8.01. The first-order valence-corrected chi connectivity index (χ1v) is 16.3. The van der Waals surface area contributed by atoms with Gasteiger partial charge in [-0.05, 0) is 105 Å². The quantitative estimate of drug-likeness (QED) is 0.186. The standard InChI is InChI=1S/C37H48O4/c1-3-5-7-9-17-40-34-23-35(41-18-10-8-6-4-2)33(37-24-28-19-29(25-37)21-30(20-28)26-37)22-32(34)16-13-27-11-14-31(15-12-27)36(38)39/h11-12,14-15,22-23,28-30H,3-10,17-21,24-26H2,1-2H3,(H,38,39). The van der Waals surface area contributed by atoms with Crippen molar-refractivity contribution >= 4 is 5.97 Å². The molecule has 4 nitrogen and oxygen atoms in total. The van der Waals surface area contributed by atoms with Crippen molar-refractivity contribution in [2.24, 2.45) is 17.8 Å². The van der Waals surface area contributed by atoms with Crippen molar-refractivity contribution in [1.82, 2.24) is 0 Å². The summed E-state index contributed by atoms with van der Waals surface area (Å²) in [6.07, 6.45) is 17.4. The Balaban J connectivity index is 1.49. The molecule has 2 aromatic rings. The highest BCUT2D eigenvalue weighted by Gasteiger charge is 2.52. The van der Waals surface area contributed by atoms with Crippen LogP contribution < -0.4 is 9.47 Å². The van der Waals surface area contributed by atoms with E-state index in [4.69, 9.17) is 9.47 Å². The van der Waals surface area contributed by atoms with Crippen LogP contribution >= 0.6 is 0 Å². The first-order chi connectivity index (χ1) is 20.0. The molecule has 220 valence electrons. The Labute approximate surface area is 247 Å². The van der Waals surface area contributed by atoms with Gasteiger partial charge >= 0.3 is 5.97 Å². The lowest BCUT2D eigenvalue weighted by Crippen LogP contribution is -2.48. The average molecular weight is 557 g/mol. The minimum Gasteiger partial charge on any atom is -0.493 e. The summed E-state index contributed by atoms with van der Waals surface area (Å²) in [7, 11) is 0. The van der Waals surface area contributed by atoms with Gasteiger partial charge in [0, 0.05) is 17.2 Å². The number of benzene rings is 2. The van der Waals surface area contributed by atoms with Gasteiger partial charge in [0.2, 0.25) is 0 Å². The summed E-state index contributed by atoms with van der Waals surface area (Å²) >= 11 is 0. The van der Waals surface area contributed by atoms with Crippen LogP contribution in [0.2, 0.25) is 0 Å². The third-order valence-corrected chi connectivity index (χ3v) is 9.68. The number of carbonyl (C=O) groups is 1. The summed E-state index contributed by atoms with van der Waals surface area (Å²) in [5.41, 5.74) is 3.54. The monoisotopic (exact) mass is 556 g/mol. The van der Waals surface area contributed by atoms with Crippen LogP contribution in [-0.4, -0.2) is 24.3 Å². The van der Waals surface area contributed by atoms with Crippen LogP contribution in [0.5, 0.6) is 11.5 Å². The predicted octanol–water partition coefficient (Wildman–Crippen LogP) is 9.17. The van der Waals surface area contributed by atoms with E-state index in [1.165, 1.54) is 82.6 Å². The van der Waals surface area contributed by atoms with Crippen molar-refractivity contribution in [3.8, 4) is 23.3 Å². The second-order valence-corrected chi connectivity index (χ2v) is 13.0. The lowest BCUT2D eigenvalue weighted by molar-refractivity contribution is -0.00644. The van der Waals surface area contributed by atoms with Gasteiger partial charge in [-0.15, -0.1) is 0 Å².